The van der Waals surface area contributed by atoms with Gasteiger partial charge in [0.25, 0.3) is 0 Å². The molecule has 0 spiro atoms. The standard InChI is InChI=1S/C20H23N3O3/c1-10-6-11(2)23(10)20(25)14-8-15-17-12(9-21-15)7-16-13(18(17)19(14)24)4-3-5-22(16)26/h4,8-11,14,16,21-22H,3,5-7H2,1-2H3/t10-,11-,14?,16?/m0/s1. The Balaban J connectivity index is 1.64. The Morgan fingerprint density at radius 3 is 2.85 bits per heavy atom. The lowest BCUT2D eigenvalue weighted by Gasteiger charge is -2.47. The smallest absolute Gasteiger partial charge is 0.237 e. The molecule has 0 saturated carbocycles. The maximum atomic E-state index is 13.4. The van der Waals surface area contributed by atoms with E-state index in [9.17, 15) is 14.8 Å². The van der Waals surface area contributed by atoms with Crippen molar-refractivity contribution in [3.63, 3.8) is 0 Å². The molecule has 0 radical (unpaired) electrons. The first-order valence-electron chi connectivity index (χ1n) is 9.49. The molecule has 0 bridgehead atoms. The molecule has 5 atom stereocenters. The number of aromatic amines is 1. The molecule has 6 heteroatoms. The van der Waals surface area contributed by atoms with Crippen molar-refractivity contribution >= 4 is 23.3 Å². The van der Waals surface area contributed by atoms with Crippen molar-refractivity contribution in [2.24, 2.45) is 5.92 Å². The highest BCUT2D eigenvalue weighted by molar-refractivity contribution is 6.30. The summed E-state index contributed by atoms with van der Waals surface area (Å²) in [5, 5.41) is 14.4. The third kappa shape index (κ3) is 2.00. The van der Waals surface area contributed by atoms with Crippen LogP contribution in [0.3, 0.4) is 0 Å². The Labute approximate surface area is 151 Å². The van der Waals surface area contributed by atoms with E-state index >= 15 is 0 Å². The molecule has 5 rings (SSSR count). The molecule has 1 amide bonds. The number of amides is 1. The molecule has 3 heterocycles. The Morgan fingerprint density at radius 2 is 2.12 bits per heavy atom. The summed E-state index contributed by atoms with van der Waals surface area (Å²) < 4.78 is 0. The highest BCUT2D eigenvalue weighted by Crippen LogP contribution is 2.32. The topological polar surface area (TPSA) is 80.7 Å². The summed E-state index contributed by atoms with van der Waals surface area (Å²) in [6.45, 7) is 4.59. The first-order valence-corrected chi connectivity index (χ1v) is 9.49. The molecule has 1 aromatic heterocycles. The van der Waals surface area contributed by atoms with Crippen LogP contribution in [-0.4, -0.2) is 46.2 Å². The quantitative estimate of drug-likeness (QED) is 0.491. The van der Waals surface area contributed by atoms with Gasteiger partial charge in [0.1, 0.15) is 12.0 Å². The number of likely N-dealkylation sites (tertiary alicyclic amines) is 1. The van der Waals surface area contributed by atoms with E-state index in [4.69, 9.17) is 0 Å². The van der Waals surface area contributed by atoms with Gasteiger partial charge in [0.2, 0.25) is 5.91 Å². The normalized spacial score (nSPS) is 35.1. The van der Waals surface area contributed by atoms with E-state index in [0.717, 1.165) is 28.1 Å². The third-order valence-corrected chi connectivity index (χ3v) is 6.49. The average Bonchev–Trinajstić information content (AvgIpc) is 3.00. The summed E-state index contributed by atoms with van der Waals surface area (Å²) in [7, 11) is 0. The van der Waals surface area contributed by atoms with Crippen LogP contribution < -0.4 is 15.6 Å². The minimum atomic E-state index is -0.786. The second-order valence-corrected chi connectivity index (χ2v) is 8.09. The van der Waals surface area contributed by atoms with Crippen LogP contribution in [0.25, 0.3) is 11.6 Å². The van der Waals surface area contributed by atoms with E-state index in [2.05, 4.69) is 4.98 Å². The predicted octanol–water partition coefficient (Wildman–Crippen LogP) is -1.21. The van der Waals surface area contributed by atoms with Gasteiger partial charge in [-0.1, -0.05) is 6.08 Å². The van der Waals surface area contributed by atoms with Crippen molar-refractivity contribution in [1.82, 2.24) is 9.88 Å². The number of hydroxylamine groups is 2. The fourth-order valence-electron chi connectivity index (χ4n) is 5.25. The lowest BCUT2D eigenvalue weighted by molar-refractivity contribution is -0.870. The highest BCUT2D eigenvalue weighted by Gasteiger charge is 2.45. The van der Waals surface area contributed by atoms with Crippen molar-refractivity contribution in [1.29, 1.82) is 0 Å². The van der Waals surface area contributed by atoms with E-state index in [1.165, 1.54) is 0 Å². The van der Waals surface area contributed by atoms with Gasteiger partial charge >= 0.3 is 0 Å². The Bertz CT molecular complexity index is 965. The lowest BCUT2D eigenvalue weighted by Crippen LogP contribution is -3.12. The van der Waals surface area contributed by atoms with E-state index < -0.39 is 5.92 Å². The number of Topliss-reactive ketones (excluding diaryl/α,β-unsaturated/α-hetero) is 1. The monoisotopic (exact) mass is 353 g/mol. The zero-order valence-corrected chi connectivity index (χ0v) is 15.0. The van der Waals surface area contributed by atoms with Crippen LogP contribution >= 0.6 is 0 Å². The molecule has 3 unspecified atom stereocenters. The summed E-state index contributed by atoms with van der Waals surface area (Å²) in [4.78, 5) is 31.5. The Kier molecular flexibility index (Phi) is 3.33. The largest absolute Gasteiger partial charge is 0.634 e. The Hall–Kier alpha value is -2.18. The number of ketones is 1. The molecular formula is C20H23N3O3. The number of hydrogen-bond acceptors (Lipinski definition) is 3. The first kappa shape index (κ1) is 16.0. The summed E-state index contributed by atoms with van der Waals surface area (Å²) in [5.74, 6) is -1.04. The van der Waals surface area contributed by atoms with Crippen LogP contribution in [0, 0.1) is 11.1 Å². The van der Waals surface area contributed by atoms with E-state index in [1.54, 1.807) is 6.08 Å². The van der Waals surface area contributed by atoms with Gasteiger partial charge in [-0.15, -0.1) is 0 Å². The summed E-state index contributed by atoms with van der Waals surface area (Å²) in [5.41, 5.74) is 2.49. The lowest BCUT2D eigenvalue weighted by atomic mass is 9.76. The summed E-state index contributed by atoms with van der Waals surface area (Å²) in [6.07, 6.45) is 8.04. The number of H-pyrrole nitrogens is 1. The molecule has 136 valence electrons. The van der Waals surface area contributed by atoms with Gasteiger partial charge in [-0.05, 0) is 31.9 Å². The third-order valence-electron chi connectivity index (χ3n) is 6.49. The van der Waals surface area contributed by atoms with Crippen molar-refractivity contribution in [3.8, 4) is 0 Å². The molecule has 6 nitrogen and oxygen atoms in total. The SMILES string of the molecule is C[C@H]1C[C@H](C)N1C(=O)C1C=c2[nH]cc3c2=C(C1=O)C1=CCC[NH+]([O-])C1C3. The molecule has 4 aliphatic rings. The Morgan fingerprint density at radius 1 is 1.35 bits per heavy atom. The second kappa shape index (κ2) is 5.41. The number of rotatable bonds is 1. The number of fused-ring (bicyclic) bond motifs is 2. The van der Waals surface area contributed by atoms with Crippen molar-refractivity contribution in [2.75, 3.05) is 6.54 Å². The van der Waals surface area contributed by atoms with Crippen molar-refractivity contribution in [3.05, 3.63) is 39.2 Å². The summed E-state index contributed by atoms with van der Waals surface area (Å²) >= 11 is 0. The fraction of sp³-hybridized carbons (Fsp3) is 0.500. The van der Waals surface area contributed by atoms with E-state index in [0.29, 0.717) is 25.0 Å². The van der Waals surface area contributed by atoms with Crippen LogP contribution in [0.4, 0.5) is 0 Å². The van der Waals surface area contributed by atoms with Gasteiger partial charge in [-0.25, -0.2) is 0 Å². The number of carbonyl (C=O) groups is 2. The van der Waals surface area contributed by atoms with Gasteiger partial charge in [0, 0.05) is 52.8 Å². The molecule has 1 saturated heterocycles. The number of aromatic nitrogens is 1. The van der Waals surface area contributed by atoms with Crippen LogP contribution in [0.2, 0.25) is 0 Å². The molecule has 26 heavy (non-hydrogen) atoms. The van der Waals surface area contributed by atoms with Crippen LogP contribution in [0.15, 0.2) is 17.8 Å². The summed E-state index contributed by atoms with van der Waals surface area (Å²) in [6, 6.07) is 0.132. The van der Waals surface area contributed by atoms with Gasteiger partial charge in [-0.2, -0.15) is 0 Å². The maximum Gasteiger partial charge on any atom is 0.237 e. The van der Waals surface area contributed by atoms with Crippen LogP contribution in [0.5, 0.6) is 0 Å². The fourth-order valence-corrected chi connectivity index (χ4v) is 5.25. The molecule has 2 N–H and O–H groups in total. The number of nitrogens with zero attached hydrogens (tertiary/aromatic N) is 1. The van der Waals surface area contributed by atoms with Crippen LogP contribution in [0.1, 0.15) is 32.3 Å². The molecular weight excluding hydrogens is 330 g/mol. The van der Waals surface area contributed by atoms with E-state index in [-0.39, 0.29) is 34.9 Å². The molecule has 2 aliphatic heterocycles. The van der Waals surface area contributed by atoms with Gasteiger partial charge in [0.05, 0.1) is 6.54 Å². The van der Waals surface area contributed by atoms with Crippen molar-refractivity contribution in [2.45, 2.75) is 51.2 Å². The molecule has 1 aromatic rings. The molecule has 2 aliphatic carbocycles. The molecule has 0 aromatic carbocycles. The number of carbonyl (C=O) groups excluding carboxylic acids is 2. The first-order chi connectivity index (χ1) is 12.5. The number of nitrogens with one attached hydrogen (secondary N) is 2. The minimum Gasteiger partial charge on any atom is -0.634 e. The minimum absolute atomic E-state index is 0.111. The second-order valence-electron chi connectivity index (χ2n) is 8.09. The van der Waals surface area contributed by atoms with E-state index in [1.807, 2.05) is 31.0 Å². The zero-order valence-electron chi connectivity index (χ0n) is 15.0. The highest BCUT2D eigenvalue weighted by atomic mass is 16.5. The maximum absolute atomic E-state index is 13.4. The average molecular weight is 353 g/mol. The predicted molar refractivity (Wildman–Crippen MR) is 96.2 cm³/mol. The number of hydrogen-bond donors (Lipinski definition) is 2. The number of quaternary nitrogens is 1. The van der Waals surface area contributed by atoms with Crippen LogP contribution in [-0.2, 0) is 16.0 Å². The van der Waals surface area contributed by atoms with Crippen molar-refractivity contribution < 1.29 is 14.7 Å². The zero-order chi connectivity index (χ0) is 18.2. The van der Waals surface area contributed by atoms with Gasteiger partial charge < -0.3 is 20.2 Å². The van der Waals surface area contributed by atoms with Gasteiger partial charge in [-0.3, -0.25) is 9.59 Å². The molecule has 1 fully saturated rings. The van der Waals surface area contributed by atoms with Gasteiger partial charge in [0.15, 0.2) is 5.78 Å².